The number of hydrogen-bond donors (Lipinski definition) is 3. The molecule has 0 unspecified atom stereocenters. The number of hydrogen-bond acceptors (Lipinski definition) is 3. The van der Waals surface area contributed by atoms with Crippen molar-refractivity contribution in [3.05, 3.63) is 30.6 Å². The highest BCUT2D eigenvalue weighted by Crippen LogP contribution is 2.36. The largest absolute Gasteiger partial charge is 0.496 e. The van der Waals surface area contributed by atoms with Gasteiger partial charge in [0, 0.05) is 17.3 Å². The molecule has 0 amide bonds. The Labute approximate surface area is 97.6 Å². The molecule has 0 fully saturated rings. The van der Waals surface area contributed by atoms with Crippen LogP contribution in [0.1, 0.15) is 0 Å². The lowest BCUT2D eigenvalue weighted by Crippen LogP contribution is -1.88. The van der Waals surface area contributed by atoms with E-state index in [9.17, 15) is 0 Å². The number of nitrogens with one attached hydrogen (secondary N) is 2. The zero-order valence-corrected chi connectivity index (χ0v) is 9.32. The van der Waals surface area contributed by atoms with Crippen molar-refractivity contribution in [3.8, 4) is 17.0 Å². The zero-order chi connectivity index (χ0) is 11.8. The molecule has 0 bridgehead atoms. The smallest absolute Gasteiger partial charge is 0.128 e. The van der Waals surface area contributed by atoms with Crippen molar-refractivity contribution < 1.29 is 4.74 Å². The summed E-state index contributed by atoms with van der Waals surface area (Å²) in [5, 5.41) is 7.84. The molecule has 3 aromatic rings. The molecule has 0 radical (unpaired) electrons. The summed E-state index contributed by atoms with van der Waals surface area (Å²) in [5.41, 5.74) is 9.27. The van der Waals surface area contributed by atoms with Crippen molar-refractivity contribution in [3.63, 3.8) is 0 Å². The van der Waals surface area contributed by atoms with Gasteiger partial charge >= 0.3 is 0 Å². The number of rotatable bonds is 2. The summed E-state index contributed by atoms with van der Waals surface area (Å²) >= 11 is 0. The number of aromatic amines is 2. The second-order valence-electron chi connectivity index (χ2n) is 3.79. The summed E-state index contributed by atoms with van der Waals surface area (Å²) in [6.07, 6.45) is 3.50. The van der Waals surface area contributed by atoms with Crippen LogP contribution in [0.3, 0.4) is 0 Å². The first-order valence-electron chi connectivity index (χ1n) is 5.24. The van der Waals surface area contributed by atoms with Gasteiger partial charge in [0.05, 0.1) is 30.1 Å². The van der Waals surface area contributed by atoms with Gasteiger partial charge < -0.3 is 15.5 Å². The molecule has 5 nitrogen and oxygen atoms in total. The highest BCUT2D eigenvalue weighted by atomic mass is 16.5. The molecule has 0 atom stereocenters. The molecule has 86 valence electrons. The van der Waals surface area contributed by atoms with E-state index < -0.39 is 0 Å². The number of fused-ring (bicyclic) bond motifs is 1. The van der Waals surface area contributed by atoms with Crippen LogP contribution in [-0.2, 0) is 0 Å². The number of aromatic nitrogens is 3. The highest BCUT2D eigenvalue weighted by Gasteiger charge is 2.13. The minimum atomic E-state index is 0.622. The van der Waals surface area contributed by atoms with E-state index in [1.807, 2.05) is 24.4 Å². The third-order valence-electron chi connectivity index (χ3n) is 2.83. The maximum Gasteiger partial charge on any atom is 0.128 e. The van der Waals surface area contributed by atoms with Crippen LogP contribution >= 0.6 is 0 Å². The summed E-state index contributed by atoms with van der Waals surface area (Å²) in [6, 6.07) is 5.86. The van der Waals surface area contributed by atoms with Crippen LogP contribution in [0.2, 0.25) is 0 Å². The first-order valence-corrected chi connectivity index (χ1v) is 5.24. The zero-order valence-electron chi connectivity index (χ0n) is 9.32. The molecular formula is C12H12N4O. The fourth-order valence-corrected chi connectivity index (χ4v) is 2.03. The quantitative estimate of drug-likeness (QED) is 0.628. The molecular weight excluding hydrogens is 216 g/mol. The molecule has 4 N–H and O–H groups in total. The number of anilines is 1. The Bertz CT molecular complexity index is 668. The number of nitrogens with two attached hydrogens (primary N) is 1. The van der Waals surface area contributed by atoms with Crippen LogP contribution in [0, 0.1) is 0 Å². The first-order chi connectivity index (χ1) is 8.31. The monoisotopic (exact) mass is 228 g/mol. The molecule has 17 heavy (non-hydrogen) atoms. The van der Waals surface area contributed by atoms with Crippen LogP contribution in [0.5, 0.6) is 5.75 Å². The molecule has 3 rings (SSSR count). The fraction of sp³-hybridized carbons (Fsp3) is 0.0833. The van der Waals surface area contributed by atoms with Crippen molar-refractivity contribution in [1.82, 2.24) is 15.2 Å². The van der Waals surface area contributed by atoms with E-state index in [0.717, 1.165) is 27.9 Å². The van der Waals surface area contributed by atoms with Crippen molar-refractivity contribution in [1.29, 1.82) is 0 Å². The van der Waals surface area contributed by atoms with E-state index in [1.165, 1.54) is 0 Å². The van der Waals surface area contributed by atoms with E-state index in [4.69, 9.17) is 10.5 Å². The van der Waals surface area contributed by atoms with Gasteiger partial charge in [-0.2, -0.15) is 5.10 Å². The van der Waals surface area contributed by atoms with Gasteiger partial charge in [0.1, 0.15) is 5.75 Å². The predicted molar refractivity (Wildman–Crippen MR) is 66.8 cm³/mol. The molecule has 0 spiro atoms. The minimum absolute atomic E-state index is 0.622. The van der Waals surface area contributed by atoms with Gasteiger partial charge in [-0.1, -0.05) is 6.07 Å². The number of ether oxygens (including phenoxy) is 1. The SMILES string of the molecule is COc1cccc2[nH]cc(-c3[nH]ncc3N)c12. The Morgan fingerprint density at radius 1 is 1.35 bits per heavy atom. The Kier molecular flexibility index (Phi) is 2.04. The molecule has 0 aliphatic carbocycles. The van der Waals surface area contributed by atoms with Gasteiger partial charge in [0.2, 0.25) is 0 Å². The van der Waals surface area contributed by atoms with Crippen LogP contribution in [0.15, 0.2) is 30.6 Å². The van der Waals surface area contributed by atoms with Gasteiger partial charge in [0.25, 0.3) is 0 Å². The van der Waals surface area contributed by atoms with E-state index in [0.29, 0.717) is 5.69 Å². The van der Waals surface area contributed by atoms with E-state index in [2.05, 4.69) is 15.2 Å². The minimum Gasteiger partial charge on any atom is -0.496 e. The molecule has 1 aromatic carbocycles. The molecule has 0 aliphatic heterocycles. The number of methoxy groups -OCH3 is 1. The lowest BCUT2D eigenvalue weighted by atomic mass is 10.1. The molecule has 0 saturated carbocycles. The standard InChI is InChI=1S/C12H12N4O/c1-17-10-4-2-3-9-11(10)7(5-14-9)12-8(13)6-15-16-12/h2-6,14H,13H2,1H3,(H,15,16). The van der Waals surface area contributed by atoms with Crippen molar-refractivity contribution in [2.75, 3.05) is 12.8 Å². The number of benzene rings is 1. The second-order valence-corrected chi connectivity index (χ2v) is 3.79. The maximum atomic E-state index is 5.87. The second kappa shape index (κ2) is 3.55. The first kappa shape index (κ1) is 9.77. The van der Waals surface area contributed by atoms with Gasteiger partial charge in [-0.05, 0) is 12.1 Å². The Morgan fingerprint density at radius 3 is 2.94 bits per heavy atom. The Morgan fingerprint density at radius 2 is 2.24 bits per heavy atom. The maximum absolute atomic E-state index is 5.87. The molecule has 0 aliphatic rings. The van der Waals surface area contributed by atoms with Crippen LogP contribution < -0.4 is 10.5 Å². The number of H-pyrrole nitrogens is 2. The lowest BCUT2D eigenvalue weighted by Gasteiger charge is -2.04. The highest BCUT2D eigenvalue weighted by molar-refractivity contribution is 6.01. The third kappa shape index (κ3) is 1.36. The summed E-state index contributed by atoms with van der Waals surface area (Å²) in [6.45, 7) is 0. The topological polar surface area (TPSA) is 79.7 Å². The lowest BCUT2D eigenvalue weighted by molar-refractivity contribution is 0.420. The average Bonchev–Trinajstić information content (AvgIpc) is 2.94. The average molecular weight is 228 g/mol. The van der Waals surface area contributed by atoms with Crippen LogP contribution in [-0.4, -0.2) is 22.3 Å². The Balaban J connectivity index is 2.34. The number of nitrogens with zero attached hydrogens (tertiary/aromatic N) is 1. The summed E-state index contributed by atoms with van der Waals surface area (Å²) < 4.78 is 5.37. The van der Waals surface area contributed by atoms with Crippen molar-refractivity contribution >= 4 is 16.6 Å². The molecule has 2 aromatic heterocycles. The summed E-state index contributed by atoms with van der Waals surface area (Å²) in [5.74, 6) is 0.813. The molecule has 2 heterocycles. The third-order valence-corrected chi connectivity index (χ3v) is 2.83. The summed E-state index contributed by atoms with van der Waals surface area (Å²) in [4.78, 5) is 3.20. The normalized spacial score (nSPS) is 10.9. The predicted octanol–water partition coefficient (Wildman–Crippen LogP) is 2.15. The van der Waals surface area contributed by atoms with Crippen LogP contribution in [0.25, 0.3) is 22.2 Å². The van der Waals surface area contributed by atoms with Gasteiger partial charge in [-0.25, -0.2) is 0 Å². The molecule has 5 heteroatoms. The van der Waals surface area contributed by atoms with E-state index >= 15 is 0 Å². The van der Waals surface area contributed by atoms with Crippen molar-refractivity contribution in [2.45, 2.75) is 0 Å². The fourth-order valence-electron chi connectivity index (χ4n) is 2.03. The van der Waals surface area contributed by atoms with E-state index in [1.54, 1.807) is 13.3 Å². The number of nitrogen functional groups attached to an aromatic ring is 1. The summed E-state index contributed by atoms with van der Waals surface area (Å²) in [7, 11) is 1.65. The van der Waals surface area contributed by atoms with Gasteiger partial charge in [-0.15, -0.1) is 0 Å². The van der Waals surface area contributed by atoms with E-state index in [-0.39, 0.29) is 0 Å². The Hall–Kier alpha value is -2.43. The molecule has 0 saturated heterocycles. The van der Waals surface area contributed by atoms with Gasteiger partial charge in [0.15, 0.2) is 0 Å². The van der Waals surface area contributed by atoms with Crippen molar-refractivity contribution in [2.24, 2.45) is 0 Å². The van der Waals surface area contributed by atoms with Gasteiger partial charge in [-0.3, -0.25) is 5.10 Å². The van der Waals surface area contributed by atoms with Crippen LogP contribution in [0.4, 0.5) is 5.69 Å².